The molecule has 2 aromatic heterocycles. The molecule has 10 nitrogen and oxygen atoms in total. The van der Waals surface area contributed by atoms with Gasteiger partial charge in [-0.05, 0) is 56.4 Å². The van der Waals surface area contributed by atoms with Gasteiger partial charge < -0.3 is 29.7 Å². The molecule has 1 aliphatic heterocycles. The first-order valence-corrected chi connectivity index (χ1v) is 11.2. The fourth-order valence-corrected chi connectivity index (χ4v) is 4.02. The SMILES string of the molecule is COc1ccc(Cn2nc(N[C@@H]3CCN(C(=O)OC(C)(C)C)C3)c3c(B(O)O)ccnc32)cc1. The molecule has 0 spiro atoms. The molecule has 0 saturated carbocycles. The van der Waals surface area contributed by atoms with Crippen LogP contribution in [0.3, 0.4) is 0 Å². The number of rotatable bonds is 6. The summed E-state index contributed by atoms with van der Waals surface area (Å²) in [7, 11) is -0.0569. The lowest BCUT2D eigenvalue weighted by atomic mass is 9.79. The van der Waals surface area contributed by atoms with Crippen molar-refractivity contribution in [2.75, 3.05) is 25.5 Å². The van der Waals surface area contributed by atoms with Gasteiger partial charge in [0, 0.05) is 25.3 Å². The Morgan fingerprint density at radius 1 is 1.24 bits per heavy atom. The number of carbonyl (C=O) groups is 1. The molecule has 1 fully saturated rings. The zero-order valence-corrected chi connectivity index (χ0v) is 19.9. The molecule has 0 radical (unpaired) electrons. The lowest BCUT2D eigenvalue weighted by Gasteiger charge is -2.24. The molecular weight excluding hydrogens is 437 g/mol. The second-order valence-electron chi connectivity index (χ2n) is 9.38. The van der Waals surface area contributed by atoms with E-state index >= 15 is 0 Å². The van der Waals surface area contributed by atoms with Crippen LogP contribution in [0.25, 0.3) is 11.0 Å². The third-order valence-electron chi connectivity index (χ3n) is 5.62. The summed E-state index contributed by atoms with van der Waals surface area (Å²) in [6.45, 7) is 6.98. The largest absolute Gasteiger partial charge is 0.497 e. The average molecular weight is 467 g/mol. The number of benzene rings is 1. The quantitative estimate of drug-likeness (QED) is 0.468. The number of hydrogen-bond acceptors (Lipinski definition) is 8. The van der Waals surface area contributed by atoms with Crippen molar-refractivity contribution >= 4 is 35.5 Å². The van der Waals surface area contributed by atoms with Crippen molar-refractivity contribution in [3.63, 3.8) is 0 Å². The summed E-state index contributed by atoms with van der Waals surface area (Å²) in [6.07, 6.45) is 1.90. The number of carbonyl (C=O) groups excluding carboxylic acids is 1. The summed E-state index contributed by atoms with van der Waals surface area (Å²) in [6, 6.07) is 9.14. The highest BCUT2D eigenvalue weighted by Gasteiger charge is 2.31. The van der Waals surface area contributed by atoms with Crippen molar-refractivity contribution in [3.8, 4) is 5.75 Å². The summed E-state index contributed by atoms with van der Waals surface area (Å²) in [5.41, 5.74) is 1.28. The highest BCUT2D eigenvalue weighted by molar-refractivity contribution is 6.62. The molecule has 3 N–H and O–H groups in total. The Balaban J connectivity index is 1.60. The Morgan fingerprint density at radius 3 is 2.62 bits per heavy atom. The zero-order valence-electron chi connectivity index (χ0n) is 19.9. The van der Waals surface area contributed by atoms with Crippen molar-refractivity contribution < 1.29 is 24.3 Å². The van der Waals surface area contributed by atoms with E-state index in [1.54, 1.807) is 22.8 Å². The number of ether oxygens (including phenoxy) is 2. The summed E-state index contributed by atoms with van der Waals surface area (Å²) in [5.74, 6) is 1.26. The minimum absolute atomic E-state index is 0.0658. The number of nitrogens with one attached hydrogen (secondary N) is 1. The third kappa shape index (κ3) is 5.26. The molecule has 1 aliphatic rings. The standard InChI is InChI=1S/C23H30BN5O5/c1-23(2,3)34-22(30)28-12-10-16(14-28)26-20-19-18(24(31)32)9-11-25-21(19)29(27-20)13-15-5-7-17(33-4)8-6-15/h5-9,11,16,31-32H,10,12-14H2,1-4H3,(H,26,27)/t16-/m1/s1. The molecule has 0 unspecified atom stereocenters. The van der Waals surface area contributed by atoms with Crippen LogP contribution in [0, 0.1) is 0 Å². The third-order valence-corrected chi connectivity index (χ3v) is 5.62. The van der Waals surface area contributed by atoms with E-state index in [0.717, 1.165) is 11.3 Å². The van der Waals surface area contributed by atoms with Gasteiger partial charge >= 0.3 is 13.2 Å². The molecular formula is C23H30BN5O5. The van der Waals surface area contributed by atoms with Gasteiger partial charge in [-0.3, -0.25) is 0 Å². The van der Waals surface area contributed by atoms with E-state index < -0.39 is 12.7 Å². The normalized spacial score (nSPS) is 16.1. The number of likely N-dealkylation sites (tertiary alicyclic amines) is 1. The summed E-state index contributed by atoms with van der Waals surface area (Å²) >= 11 is 0. The average Bonchev–Trinajstić information content (AvgIpc) is 3.38. The van der Waals surface area contributed by atoms with Gasteiger partial charge in [0.1, 0.15) is 11.4 Å². The van der Waals surface area contributed by atoms with Crippen molar-refractivity contribution in [3.05, 3.63) is 42.1 Å². The van der Waals surface area contributed by atoms with E-state index in [-0.39, 0.29) is 12.1 Å². The minimum atomic E-state index is -1.67. The topological polar surface area (TPSA) is 122 Å². The maximum absolute atomic E-state index is 12.4. The summed E-state index contributed by atoms with van der Waals surface area (Å²) < 4.78 is 12.4. The lowest BCUT2D eigenvalue weighted by Crippen LogP contribution is -2.36. The van der Waals surface area contributed by atoms with Crippen LogP contribution in [-0.2, 0) is 11.3 Å². The van der Waals surface area contributed by atoms with Gasteiger partial charge in [-0.25, -0.2) is 14.5 Å². The van der Waals surface area contributed by atoms with Gasteiger partial charge in [-0.15, -0.1) is 0 Å². The number of methoxy groups -OCH3 is 1. The molecule has 3 heterocycles. The van der Waals surface area contributed by atoms with Gasteiger partial charge in [0.15, 0.2) is 11.5 Å². The molecule has 3 aromatic rings. The van der Waals surface area contributed by atoms with Gasteiger partial charge in [-0.2, -0.15) is 5.10 Å². The number of amides is 1. The van der Waals surface area contributed by atoms with Crippen molar-refractivity contribution in [1.82, 2.24) is 19.7 Å². The predicted molar refractivity (Wildman–Crippen MR) is 129 cm³/mol. The van der Waals surface area contributed by atoms with Crippen molar-refractivity contribution in [2.24, 2.45) is 0 Å². The second-order valence-corrected chi connectivity index (χ2v) is 9.38. The number of aromatic nitrogens is 3. The smallest absolute Gasteiger partial charge is 0.489 e. The number of pyridine rings is 1. The molecule has 180 valence electrons. The number of nitrogens with zero attached hydrogens (tertiary/aromatic N) is 4. The molecule has 0 bridgehead atoms. The number of anilines is 1. The maximum Gasteiger partial charge on any atom is 0.489 e. The summed E-state index contributed by atoms with van der Waals surface area (Å²) in [5, 5.41) is 28.6. The first kappa shape index (κ1) is 23.8. The van der Waals surface area contributed by atoms with Gasteiger partial charge in [0.25, 0.3) is 0 Å². The van der Waals surface area contributed by atoms with E-state index in [4.69, 9.17) is 14.6 Å². The van der Waals surface area contributed by atoms with E-state index in [1.165, 1.54) is 6.20 Å². The van der Waals surface area contributed by atoms with Crippen LogP contribution in [0.2, 0.25) is 0 Å². The van der Waals surface area contributed by atoms with Gasteiger partial charge in [0.2, 0.25) is 0 Å². The Hall–Kier alpha value is -3.31. The van der Waals surface area contributed by atoms with Crippen LogP contribution >= 0.6 is 0 Å². The molecule has 11 heteroatoms. The van der Waals surface area contributed by atoms with Crippen LogP contribution in [0.1, 0.15) is 32.8 Å². The first-order chi connectivity index (χ1) is 16.1. The Morgan fingerprint density at radius 2 is 1.97 bits per heavy atom. The Bertz CT molecular complexity index is 1160. The van der Waals surface area contributed by atoms with E-state index in [9.17, 15) is 14.8 Å². The lowest BCUT2D eigenvalue weighted by molar-refractivity contribution is 0.0293. The Labute approximate surface area is 198 Å². The highest BCUT2D eigenvalue weighted by Crippen LogP contribution is 2.25. The molecule has 34 heavy (non-hydrogen) atoms. The number of fused-ring (bicyclic) bond motifs is 1. The van der Waals surface area contributed by atoms with Crippen LogP contribution in [0.15, 0.2) is 36.5 Å². The van der Waals surface area contributed by atoms with Crippen LogP contribution in [-0.4, -0.2) is 74.8 Å². The molecule has 1 saturated heterocycles. The molecule has 0 aliphatic carbocycles. The monoisotopic (exact) mass is 467 g/mol. The van der Waals surface area contributed by atoms with Crippen LogP contribution in [0.4, 0.5) is 10.6 Å². The molecule has 1 amide bonds. The first-order valence-electron chi connectivity index (χ1n) is 11.2. The fourth-order valence-electron chi connectivity index (χ4n) is 4.02. The number of hydrogen-bond donors (Lipinski definition) is 3. The molecule has 1 atom stereocenters. The van der Waals surface area contributed by atoms with Gasteiger partial charge in [-0.1, -0.05) is 12.1 Å². The fraction of sp³-hybridized carbons (Fsp3) is 0.435. The second kappa shape index (κ2) is 9.51. The van der Waals surface area contributed by atoms with Crippen molar-refractivity contribution in [1.29, 1.82) is 0 Å². The van der Waals surface area contributed by atoms with Crippen LogP contribution < -0.4 is 15.5 Å². The minimum Gasteiger partial charge on any atom is -0.497 e. The Kier molecular flexibility index (Phi) is 6.67. The van der Waals surface area contributed by atoms with Crippen LogP contribution in [0.5, 0.6) is 5.75 Å². The zero-order chi connectivity index (χ0) is 24.5. The van der Waals surface area contributed by atoms with E-state index in [2.05, 4.69) is 10.3 Å². The maximum atomic E-state index is 12.4. The highest BCUT2D eigenvalue weighted by atomic mass is 16.6. The van der Waals surface area contributed by atoms with Gasteiger partial charge in [0.05, 0.1) is 19.0 Å². The molecule has 4 rings (SSSR count). The van der Waals surface area contributed by atoms with E-state index in [1.807, 2.05) is 45.0 Å². The van der Waals surface area contributed by atoms with Crippen molar-refractivity contribution in [2.45, 2.75) is 45.4 Å². The summed E-state index contributed by atoms with van der Waals surface area (Å²) in [4.78, 5) is 18.6. The van der Waals surface area contributed by atoms with E-state index in [0.29, 0.717) is 48.4 Å². The molecule has 1 aromatic carbocycles. The predicted octanol–water partition coefficient (Wildman–Crippen LogP) is 1.59.